The van der Waals surface area contributed by atoms with Crippen molar-refractivity contribution in [3.05, 3.63) is 48.8 Å². The van der Waals surface area contributed by atoms with E-state index in [1.807, 2.05) is 0 Å². The van der Waals surface area contributed by atoms with Gasteiger partial charge in [0.05, 0.1) is 26.0 Å². The molecular formula is C12H10Cl3F2N3O3. The van der Waals surface area contributed by atoms with E-state index in [9.17, 15) is 18.9 Å². The average molecular weight is 389 g/mol. The van der Waals surface area contributed by atoms with Gasteiger partial charge in [-0.1, -0.05) is 34.8 Å². The fourth-order valence-corrected chi connectivity index (χ4v) is 2.83. The minimum Gasteiger partial charge on any atom is -0.416 e. The van der Waals surface area contributed by atoms with Crippen molar-refractivity contribution in [1.82, 2.24) is 10.4 Å². The summed E-state index contributed by atoms with van der Waals surface area (Å²) >= 11 is 18.0. The van der Waals surface area contributed by atoms with Crippen molar-refractivity contribution in [2.75, 3.05) is 7.05 Å². The number of alkyl halides is 2. The van der Waals surface area contributed by atoms with Gasteiger partial charge in [-0.2, -0.15) is 8.78 Å². The van der Waals surface area contributed by atoms with Crippen molar-refractivity contribution in [2.24, 2.45) is 0 Å². The van der Waals surface area contributed by atoms with E-state index < -0.39 is 17.6 Å². The maximum atomic E-state index is 12.4. The van der Waals surface area contributed by atoms with E-state index in [4.69, 9.17) is 34.8 Å². The first-order chi connectivity index (χ1) is 10.7. The summed E-state index contributed by atoms with van der Waals surface area (Å²) in [4.78, 5) is 10.3. The van der Waals surface area contributed by atoms with Crippen molar-refractivity contribution in [2.45, 2.75) is 19.1 Å². The molecule has 0 aromatic heterocycles. The van der Waals surface area contributed by atoms with Crippen LogP contribution in [0.3, 0.4) is 0 Å². The Morgan fingerprint density at radius 2 is 2.09 bits per heavy atom. The van der Waals surface area contributed by atoms with Gasteiger partial charge in [-0.3, -0.25) is 15.1 Å². The van der Waals surface area contributed by atoms with Crippen LogP contribution in [0.2, 0.25) is 10.0 Å². The number of non-ortho nitro benzene ring substituents is 1. The first-order valence-electron chi connectivity index (χ1n) is 6.17. The van der Waals surface area contributed by atoms with Crippen molar-refractivity contribution in [1.29, 1.82) is 0 Å². The molecule has 0 bridgehead atoms. The molecule has 0 fully saturated rings. The molecule has 0 saturated carbocycles. The summed E-state index contributed by atoms with van der Waals surface area (Å²) in [5.74, 6) is -0.223. The highest BCUT2D eigenvalue weighted by molar-refractivity contribution is 6.42. The molecular weight excluding hydrogens is 379 g/mol. The molecule has 2 rings (SSSR count). The molecule has 1 aliphatic heterocycles. The minimum atomic E-state index is -3.03. The molecule has 1 heterocycles. The first kappa shape index (κ1) is 18.0. The Morgan fingerprint density at radius 1 is 1.43 bits per heavy atom. The molecule has 0 spiro atoms. The zero-order chi connectivity index (χ0) is 17.3. The topological polar surface area (TPSA) is 67.6 Å². The predicted octanol–water partition coefficient (Wildman–Crippen LogP) is 3.91. The smallest absolute Gasteiger partial charge is 0.388 e. The molecule has 1 aliphatic rings. The van der Waals surface area contributed by atoms with Crippen LogP contribution in [-0.2, 0) is 11.2 Å². The van der Waals surface area contributed by atoms with Gasteiger partial charge in [0, 0.05) is 19.2 Å². The van der Waals surface area contributed by atoms with Crippen LogP contribution in [-0.4, -0.2) is 29.6 Å². The van der Waals surface area contributed by atoms with Crippen molar-refractivity contribution in [3.8, 4) is 0 Å². The minimum absolute atomic E-state index is 0.00601. The number of ether oxygens (including phenoxy) is 1. The number of hydrogen-bond acceptors (Lipinski definition) is 5. The SMILES string of the molecule is CN1NC(Cc2cc([N+](=O)[O-])cc(Cl)c2Cl)C(Cl)=C1OC(F)F. The number of nitrogens with zero attached hydrogens (tertiary/aromatic N) is 2. The Labute approximate surface area is 144 Å². The van der Waals surface area contributed by atoms with Crippen LogP contribution in [0.25, 0.3) is 0 Å². The lowest BCUT2D eigenvalue weighted by atomic mass is 10.1. The summed E-state index contributed by atoms with van der Waals surface area (Å²) in [5.41, 5.74) is 2.92. The second kappa shape index (κ2) is 7.04. The standard InChI is InChI=1S/C12H10Cl3F2N3O3/c1-19-11(23-12(16)17)10(15)8(18-19)3-5-2-6(20(21)22)4-7(13)9(5)14/h2,4,8,12,18H,3H2,1H3. The monoisotopic (exact) mass is 387 g/mol. The molecule has 0 radical (unpaired) electrons. The first-order valence-corrected chi connectivity index (χ1v) is 7.30. The fourth-order valence-electron chi connectivity index (χ4n) is 2.12. The molecule has 6 nitrogen and oxygen atoms in total. The Balaban J connectivity index is 2.29. The maximum Gasteiger partial charge on any atom is 0.388 e. The Bertz CT molecular complexity index is 672. The number of nitro groups is 1. The Morgan fingerprint density at radius 3 is 2.65 bits per heavy atom. The number of benzene rings is 1. The summed E-state index contributed by atoms with van der Waals surface area (Å²) in [6.07, 6.45) is 0.0967. The van der Waals surface area contributed by atoms with Gasteiger partial charge in [0.1, 0.15) is 0 Å². The third-order valence-corrected chi connectivity index (χ3v) is 4.35. The lowest BCUT2D eigenvalue weighted by Gasteiger charge is -2.18. The van der Waals surface area contributed by atoms with E-state index in [0.717, 1.165) is 6.07 Å². The van der Waals surface area contributed by atoms with E-state index in [0.29, 0.717) is 5.56 Å². The third kappa shape index (κ3) is 3.95. The quantitative estimate of drug-likeness (QED) is 0.612. The van der Waals surface area contributed by atoms with E-state index in [1.54, 1.807) is 0 Å². The summed E-state index contributed by atoms with van der Waals surface area (Å²) in [6, 6.07) is 1.75. The Hall–Kier alpha value is -1.35. The third-order valence-electron chi connectivity index (χ3n) is 3.09. The zero-order valence-corrected chi connectivity index (χ0v) is 13.8. The number of rotatable bonds is 5. The van der Waals surface area contributed by atoms with Gasteiger partial charge in [-0.25, -0.2) is 5.43 Å². The van der Waals surface area contributed by atoms with Crippen molar-refractivity contribution >= 4 is 40.5 Å². The van der Waals surface area contributed by atoms with E-state index in [1.165, 1.54) is 18.1 Å². The highest BCUT2D eigenvalue weighted by atomic mass is 35.5. The summed E-state index contributed by atoms with van der Waals surface area (Å²) < 4.78 is 29.1. The second-order valence-electron chi connectivity index (χ2n) is 4.63. The molecule has 1 aromatic rings. The molecule has 1 N–H and O–H groups in total. The normalized spacial score (nSPS) is 18.0. The number of halogens is 5. The zero-order valence-electron chi connectivity index (χ0n) is 11.5. The molecule has 1 aromatic carbocycles. The molecule has 0 saturated heterocycles. The van der Waals surface area contributed by atoms with Crippen LogP contribution in [0.1, 0.15) is 5.56 Å². The second-order valence-corrected chi connectivity index (χ2v) is 5.83. The van der Waals surface area contributed by atoms with Crippen molar-refractivity contribution < 1.29 is 18.4 Å². The summed E-state index contributed by atoms with van der Waals surface area (Å²) in [6.45, 7) is -3.03. The lowest BCUT2D eigenvalue weighted by Crippen LogP contribution is -2.36. The maximum absolute atomic E-state index is 12.4. The molecule has 126 valence electrons. The van der Waals surface area contributed by atoms with Crippen LogP contribution in [0, 0.1) is 10.1 Å². The molecule has 23 heavy (non-hydrogen) atoms. The van der Waals surface area contributed by atoms with Gasteiger partial charge < -0.3 is 4.74 Å². The van der Waals surface area contributed by atoms with Crippen LogP contribution in [0.15, 0.2) is 23.0 Å². The molecule has 0 aliphatic carbocycles. The largest absolute Gasteiger partial charge is 0.416 e. The molecule has 1 atom stereocenters. The number of nitro benzene ring substituents is 1. The van der Waals surface area contributed by atoms with E-state index in [2.05, 4.69) is 10.2 Å². The van der Waals surface area contributed by atoms with Crippen molar-refractivity contribution in [3.63, 3.8) is 0 Å². The summed E-state index contributed by atoms with van der Waals surface area (Å²) in [5, 5.41) is 12.2. The molecule has 1 unspecified atom stereocenters. The van der Waals surface area contributed by atoms with Crippen LogP contribution in [0.5, 0.6) is 0 Å². The predicted molar refractivity (Wildman–Crippen MR) is 81.5 cm³/mol. The number of nitrogens with one attached hydrogen (secondary N) is 1. The van der Waals surface area contributed by atoms with Crippen LogP contribution >= 0.6 is 34.8 Å². The average Bonchev–Trinajstić information content (AvgIpc) is 2.70. The van der Waals surface area contributed by atoms with Gasteiger partial charge in [0.25, 0.3) is 5.69 Å². The highest BCUT2D eigenvalue weighted by Crippen LogP contribution is 2.34. The lowest BCUT2D eigenvalue weighted by molar-refractivity contribution is -0.384. The van der Waals surface area contributed by atoms with Gasteiger partial charge >= 0.3 is 6.61 Å². The van der Waals surface area contributed by atoms with E-state index >= 15 is 0 Å². The molecule has 11 heteroatoms. The number of hydrogen-bond donors (Lipinski definition) is 1. The van der Waals surface area contributed by atoms with Gasteiger partial charge in [0.15, 0.2) is 0 Å². The van der Waals surface area contributed by atoms with Crippen LogP contribution in [0.4, 0.5) is 14.5 Å². The molecule has 0 amide bonds. The summed E-state index contributed by atoms with van der Waals surface area (Å²) in [7, 11) is 1.45. The highest BCUT2D eigenvalue weighted by Gasteiger charge is 2.32. The fraction of sp³-hybridized carbons (Fsp3) is 0.333. The van der Waals surface area contributed by atoms with Gasteiger partial charge in [-0.15, -0.1) is 0 Å². The van der Waals surface area contributed by atoms with Gasteiger partial charge in [0.2, 0.25) is 5.88 Å². The van der Waals surface area contributed by atoms with Gasteiger partial charge in [-0.05, 0) is 12.0 Å². The van der Waals surface area contributed by atoms with E-state index in [-0.39, 0.29) is 33.1 Å². The Kier molecular flexibility index (Phi) is 5.51. The van der Waals surface area contributed by atoms with Crippen LogP contribution < -0.4 is 5.43 Å². The number of hydrazine groups is 1.